The van der Waals surface area contributed by atoms with Gasteiger partial charge in [0.1, 0.15) is 0 Å². The van der Waals surface area contributed by atoms with Crippen molar-refractivity contribution in [2.24, 2.45) is 0 Å². The molecule has 1 saturated carbocycles. The molecule has 0 saturated heterocycles. The van der Waals surface area contributed by atoms with Crippen molar-refractivity contribution in [1.82, 2.24) is 20.3 Å². The molecule has 3 aromatic rings. The molecule has 1 aromatic heterocycles. The van der Waals surface area contributed by atoms with Gasteiger partial charge < -0.3 is 10.6 Å². The third-order valence-corrected chi connectivity index (χ3v) is 4.75. The topological polar surface area (TPSA) is 88.9 Å². The Bertz CT molecular complexity index is 1020. The fraction of sp³-hybridized carbons (Fsp3) is 0.200. The van der Waals surface area contributed by atoms with Gasteiger partial charge in [0, 0.05) is 22.3 Å². The van der Waals surface area contributed by atoms with E-state index in [1.807, 2.05) is 12.1 Å². The lowest BCUT2D eigenvalue weighted by Crippen LogP contribution is -2.26. The van der Waals surface area contributed by atoms with Gasteiger partial charge in [0.05, 0.1) is 11.4 Å². The molecule has 0 unspecified atom stereocenters. The fourth-order valence-corrected chi connectivity index (χ4v) is 2.88. The Morgan fingerprint density at radius 3 is 2.36 bits per heavy atom. The molecule has 1 aliphatic carbocycles. The number of carbonyl (C=O) groups is 2. The van der Waals surface area contributed by atoms with E-state index in [0.717, 1.165) is 18.5 Å². The van der Waals surface area contributed by atoms with Crippen molar-refractivity contribution >= 4 is 29.1 Å². The molecule has 1 fully saturated rings. The summed E-state index contributed by atoms with van der Waals surface area (Å²) in [5.74, 6) is -0.418. The lowest BCUT2D eigenvalue weighted by molar-refractivity contribution is 0.0944. The van der Waals surface area contributed by atoms with Crippen LogP contribution in [0.15, 0.2) is 48.5 Å². The summed E-state index contributed by atoms with van der Waals surface area (Å²) in [7, 11) is 0. The Morgan fingerprint density at radius 2 is 1.71 bits per heavy atom. The highest BCUT2D eigenvalue weighted by Crippen LogP contribution is 2.20. The molecule has 8 heteroatoms. The molecule has 2 amide bonds. The van der Waals surface area contributed by atoms with Crippen LogP contribution in [0.25, 0.3) is 5.69 Å². The SMILES string of the molecule is Cc1c(C(=O)NC2CC2)nnn1-c1ccc(NC(=O)c2ccc(Cl)cc2)cc1. The van der Waals surface area contributed by atoms with E-state index in [9.17, 15) is 9.59 Å². The van der Waals surface area contributed by atoms with E-state index in [1.54, 1.807) is 48.0 Å². The Kier molecular flexibility index (Phi) is 4.83. The number of nitrogens with zero attached hydrogens (tertiary/aromatic N) is 3. The van der Waals surface area contributed by atoms with Gasteiger partial charge >= 0.3 is 0 Å². The Balaban J connectivity index is 1.47. The quantitative estimate of drug-likeness (QED) is 0.693. The molecule has 0 aliphatic heterocycles. The van der Waals surface area contributed by atoms with Crippen LogP contribution in [-0.2, 0) is 0 Å². The first-order chi connectivity index (χ1) is 13.5. The van der Waals surface area contributed by atoms with Crippen molar-refractivity contribution in [2.75, 3.05) is 5.32 Å². The van der Waals surface area contributed by atoms with Gasteiger partial charge in [0.25, 0.3) is 11.8 Å². The first-order valence-electron chi connectivity index (χ1n) is 8.92. The van der Waals surface area contributed by atoms with Crippen LogP contribution in [0.1, 0.15) is 39.4 Å². The summed E-state index contributed by atoms with van der Waals surface area (Å²) < 4.78 is 1.60. The molecule has 142 valence electrons. The summed E-state index contributed by atoms with van der Waals surface area (Å²) in [5.41, 5.74) is 2.91. The number of anilines is 1. The average Bonchev–Trinajstić information content (AvgIpc) is 3.42. The molecule has 0 spiro atoms. The number of rotatable bonds is 5. The summed E-state index contributed by atoms with van der Waals surface area (Å²) in [6, 6.07) is 14.1. The predicted octanol–water partition coefficient (Wildman–Crippen LogP) is 3.37. The maximum atomic E-state index is 12.3. The van der Waals surface area contributed by atoms with Crippen molar-refractivity contribution in [3.63, 3.8) is 0 Å². The summed E-state index contributed by atoms with van der Waals surface area (Å²) in [5, 5.41) is 14.4. The molecule has 28 heavy (non-hydrogen) atoms. The minimum atomic E-state index is -0.222. The maximum absolute atomic E-state index is 12.3. The van der Waals surface area contributed by atoms with Gasteiger partial charge in [0.2, 0.25) is 0 Å². The Hall–Kier alpha value is -3.19. The minimum absolute atomic E-state index is 0.196. The van der Waals surface area contributed by atoms with Gasteiger partial charge in [0.15, 0.2) is 5.69 Å². The number of amides is 2. The Morgan fingerprint density at radius 1 is 1.04 bits per heavy atom. The van der Waals surface area contributed by atoms with Gasteiger partial charge in [-0.15, -0.1) is 5.10 Å². The van der Waals surface area contributed by atoms with Crippen LogP contribution in [0.5, 0.6) is 0 Å². The molecular formula is C20H18ClN5O2. The number of nitrogens with one attached hydrogen (secondary N) is 2. The minimum Gasteiger partial charge on any atom is -0.348 e. The second-order valence-corrected chi connectivity index (χ2v) is 7.13. The van der Waals surface area contributed by atoms with Crippen molar-refractivity contribution in [2.45, 2.75) is 25.8 Å². The molecule has 2 N–H and O–H groups in total. The molecule has 7 nitrogen and oxygen atoms in total. The first-order valence-corrected chi connectivity index (χ1v) is 9.29. The van der Waals surface area contributed by atoms with E-state index >= 15 is 0 Å². The third kappa shape index (κ3) is 3.89. The highest BCUT2D eigenvalue weighted by atomic mass is 35.5. The second kappa shape index (κ2) is 7.44. The highest BCUT2D eigenvalue weighted by Gasteiger charge is 2.26. The van der Waals surface area contributed by atoms with Crippen LogP contribution >= 0.6 is 11.6 Å². The molecule has 1 heterocycles. The molecular weight excluding hydrogens is 378 g/mol. The molecule has 0 bridgehead atoms. The van der Waals surface area contributed by atoms with E-state index in [2.05, 4.69) is 20.9 Å². The third-order valence-electron chi connectivity index (χ3n) is 4.50. The monoisotopic (exact) mass is 395 g/mol. The van der Waals surface area contributed by atoms with Gasteiger partial charge in [-0.05, 0) is 68.3 Å². The van der Waals surface area contributed by atoms with Crippen LogP contribution in [0.3, 0.4) is 0 Å². The molecule has 4 rings (SSSR count). The summed E-state index contributed by atoms with van der Waals surface area (Å²) in [6.07, 6.45) is 2.03. The fourth-order valence-electron chi connectivity index (χ4n) is 2.76. The molecule has 1 aliphatic rings. The number of aromatic nitrogens is 3. The largest absolute Gasteiger partial charge is 0.348 e. The van der Waals surface area contributed by atoms with Gasteiger partial charge in [-0.25, -0.2) is 4.68 Å². The number of halogens is 1. The van der Waals surface area contributed by atoms with E-state index in [4.69, 9.17) is 11.6 Å². The number of hydrogen-bond donors (Lipinski definition) is 2. The maximum Gasteiger partial charge on any atom is 0.273 e. The zero-order valence-corrected chi connectivity index (χ0v) is 15.9. The Labute approximate surface area is 166 Å². The van der Waals surface area contributed by atoms with E-state index in [0.29, 0.717) is 27.7 Å². The van der Waals surface area contributed by atoms with Crippen LogP contribution in [0.4, 0.5) is 5.69 Å². The lowest BCUT2D eigenvalue weighted by atomic mass is 10.2. The lowest BCUT2D eigenvalue weighted by Gasteiger charge is -2.08. The standard InChI is InChI=1S/C20H18ClN5O2/c1-12-18(20(28)23-15-6-7-15)24-25-26(12)17-10-8-16(9-11-17)22-19(27)13-2-4-14(21)5-3-13/h2-5,8-11,15H,6-7H2,1H3,(H,22,27)(H,23,28). The van der Waals surface area contributed by atoms with E-state index in [-0.39, 0.29) is 17.9 Å². The summed E-state index contributed by atoms with van der Waals surface area (Å²) in [4.78, 5) is 24.5. The second-order valence-electron chi connectivity index (χ2n) is 6.69. The van der Waals surface area contributed by atoms with E-state index in [1.165, 1.54) is 0 Å². The summed E-state index contributed by atoms with van der Waals surface area (Å²) in [6.45, 7) is 1.80. The van der Waals surface area contributed by atoms with Crippen LogP contribution < -0.4 is 10.6 Å². The normalized spacial score (nSPS) is 13.2. The number of carbonyl (C=O) groups excluding carboxylic acids is 2. The van der Waals surface area contributed by atoms with Gasteiger partial charge in [-0.1, -0.05) is 16.8 Å². The highest BCUT2D eigenvalue weighted by molar-refractivity contribution is 6.30. The zero-order chi connectivity index (χ0) is 19.7. The molecule has 0 atom stereocenters. The van der Waals surface area contributed by atoms with Crippen LogP contribution in [0, 0.1) is 6.92 Å². The van der Waals surface area contributed by atoms with Crippen molar-refractivity contribution in [3.8, 4) is 5.69 Å². The smallest absolute Gasteiger partial charge is 0.273 e. The average molecular weight is 396 g/mol. The number of benzene rings is 2. The van der Waals surface area contributed by atoms with E-state index < -0.39 is 0 Å². The zero-order valence-electron chi connectivity index (χ0n) is 15.1. The first kappa shape index (κ1) is 18.2. The van der Waals surface area contributed by atoms with Gasteiger partial charge in [-0.2, -0.15) is 0 Å². The van der Waals surface area contributed by atoms with Crippen LogP contribution in [0.2, 0.25) is 5.02 Å². The molecule has 2 aromatic carbocycles. The van der Waals surface area contributed by atoms with Crippen molar-refractivity contribution in [3.05, 3.63) is 70.5 Å². The van der Waals surface area contributed by atoms with Crippen LogP contribution in [-0.4, -0.2) is 32.9 Å². The van der Waals surface area contributed by atoms with Gasteiger partial charge in [-0.3, -0.25) is 9.59 Å². The van der Waals surface area contributed by atoms with Crippen molar-refractivity contribution in [1.29, 1.82) is 0 Å². The summed E-state index contributed by atoms with van der Waals surface area (Å²) >= 11 is 5.84. The van der Waals surface area contributed by atoms with Crippen molar-refractivity contribution < 1.29 is 9.59 Å². The molecule has 0 radical (unpaired) electrons. The number of hydrogen-bond acceptors (Lipinski definition) is 4. The predicted molar refractivity (Wildman–Crippen MR) is 106 cm³/mol.